The molecule has 110 valence electrons. The van der Waals surface area contributed by atoms with Gasteiger partial charge in [-0.3, -0.25) is 4.79 Å². The average molecular weight is 295 g/mol. The van der Waals surface area contributed by atoms with E-state index in [2.05, 4.69) is 20.5 Å². The molecule has 3 rings (SSSR count). The number of amides is 1. The lowest BCUT2D eigenvalue weighted by molar-refractivity contribution is 0.0944. The number of anilines is 2. The van der Waals surface area contributed by atoms with Crippen molar-refractivity contribution in [3.8, 4) is 0 Å². The number of nitrogens with one attached hydrogen (secondary N) is 2. The van der Waals surface area contributed by atoms with Crippen LogP contribution in [0.2, 0.25) is 0 Å². The van der Waals surface area contributed by atoms with E-state index in [1.165, 1.54) is 30.6 Å². The van der Waals surface area contributed by atoms with E-state index in [1.54, 1.807) is 0 Å². The van der Waals surface area contributed by atoms with Crippen LogP contribution in [-0.4, -0.2) is 43.6 Å². The van der Waals surface area contributed by atoms with Crippen molar-refractivity contribution in [2.45, 2.75) is 19.3 Å². The Morgan fingerprint density at radius 2 is 2.20 bits per heavy atom. The molecule has 1 aromatic heterocycles. The number of nitrogens with zero attached hydrogens (tertiary/aromatic N) is 2. The summed E-state index contributed by atoms with van der Waals surface area (Å²) in [5, 5.41) is 7.14. The van der Waals surface area contributed by atoms with Crippen molar-refractivity contribution < 1.29 is 4.79 Å². The lowest BCUT2D eigenvalue weighted by Gasteiger charge is -2.26. The molecule has 6 nitrogen and oxygen atoms in total. The molecule has 1 saturated carbocycles. The van der Waals surface area contributed by atoms with Gasteiger partial charge in [0.15, 0.2) is 5.13 Å². The monoisotopic (exact) mass is 295 g/mol. The van der Waals surface area contributed by atoms with Gasteiger partial charge in [-0.05, 0) is 18.8 Å². The largest absolute Gasteiger partial charge is 0.382 e. The van der Waals surface area contributed by atoms with Crippen LogP contribution in [0.4, 0.5) is 10.9 Å². The minimum Gasteiger partial charge on any atom is -0.382 e. The van der Waals surface area contributed by atoms with Gasteiger partial charge in [-0.2, -0.15) is 0 Å². The first-order valence-corrected chi connectivity index (χ1v) is 8.06. The van der Waals surface area contributed by atoms with Gasteiger partial charge in [-0.25, -0.2) is 4.98 Å². The highest BCUT2D eigenvalue weighted by Crippen LogP contribution is 2.29. The van der Waals surface area contributed by atoms with Gasteiger partial charge in [-0.15, -0.1) is 0 Å². The molecule has 1 aliphatic carbocycles. The summed E-state index contributed by atoms with van der Waals surface area (Å²) in [6, 6.07) is 0. The number of thiazole rings is 1. The van der Waals surface area contributed by atoms with Crippen LogP contribution in [0.3, 0.4) is 0 Å². The molecule has 0 unspecified atom stereocenters. The molecule has 0 radical (unpaired) electrons. The summed E-state index contributed by atoms with van der Waals surface area (Å²) in [6.07, 6.45) is 3.74. The number of carbonyl (C=O) groups excluding carboxylic acids is 1. The van der Waals surface area contributed by atoms with Gasteiger partial charge in [0, 0.05) is 32.7 Å². The number of nitrogen functional groups attached to an aromatic ring is 1. The number of hydrogen-bond donors (Lipinski definition) is 3. The number of carbonyl (C=O) groups is 1. The Morgan fingerprint density at radius 3 is 2.85 bits per heavy atom. The van der Waals surface area contributed by atoms with E-state index in [9.17, 15) is 4.79 Å². The third-order valence-electron chi connectivity index (χ3n) is 4.01. The fourth-order valence-corrected chi connectivity index (χ4v) is 3.44. The third-order valence-corrected chi connectivity index (χ3v) is 5.14. The molecule has 1 aliphatic heterocycles. The zero-order valence-corrected chi connectivity index (χ0v) is 12.3. The first-order valence-electron chi connectivity index (χ1n) is 7.24. The Kier molecular flexibility index (Phi) is 4.07. The van der Waals surface area contributed by atoms with Crippen molar-refractivity contribution in [1.29, 1.82) is 0 Å². The molecular weight excluding hydrogens is 274 g/mol. The van der Waals surface area contributed by atoms with Crippen LogP contribution in [0.15, 0.2) is 0 Å². The second-order valence-corrected chi connectivity index (χ2v) is 6.43. The zero-order valence-electron chi connectivity index (χ0n) is 11.5. The van der Waals surface area contributed by atoms with Crippen LogP contribution < -0.4 is 21.3 Å². The minimum absolute atomic E-state index is 0.0757. The highest BCUT2D eigenvalue weighted by atomic mass is 32.1. The van der Waals surface area contributed by atoms with Crippen molar-refractivity contribution in [2.24, 2.45) is 5.92 Å². The molecule has 20 heavy (non-hydrogen) atoms. The number of rotatable bonds is 4. The van der Waals surface area contributed by atoms with Gasteiger partial charge >= 0.3 is 0 Å². The Labute approximate surface area is 122 Å². The lowest BCUT2D eigenvalue weighted by atomic mass is 9.85. The van der Waals surface area contributed by atoms with Crippen molar-refractivity contribution in [3.63, 3.8) is 0 Å². The van der Waals surface area contributed by atoms with Crippen LogP contribution in [0, 0.1) is 5.92 Å². The number of piperazine rings is 1. The number of nitrogens with two attached hydrogens (primary N) is 1. The van der Waals surface area contributed by atoms with Gasteiger partial charge in [0.1, 0.15) is 10.7 Å². The first-order chi connectivity index (χ1) is 9.74. The fourth-order valence-electron chi connectivity index (χ4n) is 2.49. The molecule has 1 saturated heterocycles. The summed E-state index contributed by atoms with van der Waals surface area (Å²) in [4.78, 5) is 19.2. The predicted octanol–water partition coefficient (Wildman–Crippen LogP) is 0.665. The maximum absolute atomic E-state index is 12.2. The molecule has 2 heterocycles. The van der Waals surface area contributed by atoms with E-state index in [0.29, 0.717) is 16.6 Å². The summed E-state index contributed by atoms with van der Waals surface area (Å²) in [6.45, 7) is 4.48. The highest BCUT2D eigenvalue weighted by Gasteiger charge is 2.22. The normalized spacial score (nSPS) is 19.7. The Morgan fingerprint density at radius 1 is 1.45 bits per heavy atom. The highest BCUT2D eigenvalue weighted by molar-refractivity contribution is 7.18. The predicted molar refractivity (Wildman–Crippen MR) is 81.3 cm³/mol. The van der Waals surface area contributed by atoms with Crippen LogP contribution in [0.1, 0.15) is 28.9 Å². The van der Waals surface area contributed by atoms with Crippen LogP contribution in [-0.2, 0) is 0 Å². The molecule has 0 spiro atoms. The van der Waals surface area contributed by atoms with E-state index in [0.717, 1.165) is 37.9 Å². The molecule has 4 N–H and O–H groups in total. The summed E-state index contributed by atoms with van der Waals surface area (Å²) in [7, 11) is 0. The maximum Gasteiger partial charge on any atom is 0.265 e. The average Bonchev–Trinajstić information content (AvgIpc) is 2.80. The van der Waals surface area contributed by atoms with Crippen molar-refractivity contribution in [2.75, 3.05) is 43.4 Å². The Balaban J connectivity index is 1.63. The van der Waals surface area contributed by atoms with Gasteiger partial charge in [0.25, 0.3) is 5.91 Å². The van der Waals surface area contributed by atoms with Gasteiger partial charge in [0.2, 0.25) is 0 Å². The van der Waals surface area contributed by atoms with Crippen molar-refractivity contribution in [3.05, 3.63) is 4.88 Å². The maximum atomic E-state index is 12.2. The topological polar surface area (TPSA) is 83.3 Å². The quantitative estimate of drug-likeness (QED) is 0.760. The van der Waals surface area contributed by atoms with E-state index >= 15 is 0 Å². The summed E-state index contributed by atoms with van der Waals surface area (Å²) in [5.74, 6) is 0.934. The molecule has 2 fully saturated rings. The lowest BCUT2D eigenvalue weighted by Crippen LogP contribution is -2.43. The standard InChI is InChI=1S/C13H21N5OS/c14-11-10(12(19)16-8-9-2-1-3-9)20-13(17-11)18-6-4-15-5-7-18/h9,15H,1-8,14H2,(H,16,19). The molecular formula is C13H21N5OS. The number of aromatic nitrogens is 1. The first kappa shape index (κ1) is 13.6. The summed E-state index contributed by atoms with van der Waals surface area (Å²) >= 11 is 1.40. The van der Waals surface area contributed by atoms with E-state index in [4.69, 9.17) is 5.73 Å². The number of hydrogen-bond acceptors (Lipinski definition) is 6. The minimum atomic E-state index is -0.0757. The van der Waals surface area contributed by atoms with Gasteiger partial charge in [-0.1, -0.05) is 17.8 Å². The molecule has 1 aromatic rings. The van der Waals surface area contributed by atoms with Crippen LogP contribution in [0.5, 0.6) is 0 Å². The van der Waals surface area contributed by atoms with Crippen LogP contribution >= 0.6 is 11.3 Å². The molecule has 7 heteroatoms. The Hall–Kier alpha value is -1.34. The van der Waals surface area contributed by atoms with E-state index in [-0.39, 0.29) is 5.91 Å². The second-order valence-electron chi connectivity index (χ2n) is 5.45. The smallest absolute Gasteiger partial charge is 0.265 e. The molecule has 0 bridgehead atoms. The molecule has 0 aromatic carbocycles. The van der Waals surface area contributed by atoms with E-state index < -0.39 is 0 Å². The second kappa shape index (κ2) is 5.97. The third kappa shape index (κ3) is 2.88. The Bertz CT molecular complexity index is 479. The zero-order chi connectivity index (χ0) is 13.9. The van der Waals surface area contributed by atoms with Crippen LogP contribution in [0.25, 0.3) is 0 Å². The van der Waals surface area contributed by atoms with Crippen molar-refractivity contribution in [1.82, 2.24) is 15.6 Å². The van der Waals surface area contributed by atoms with Gasteiger partial charge < -0.3 is 21.3 Å². The summed E-state index contributed by atoms with van der Waals surface area (Å²) < 4.78 is 0. The molecule has 0 atom stereocenters. The SMILES string of the molecule is Nc1nc(N2CCNCC2)sc1C(=O)NCC1CCC1. The molecule has 2 aliphatic rings. The van der Waals surface area contributed by atoms with Gasteiger partial charge in [0.05, 0.1) is 0 Å². The van der Waals surface area contributed by atoms with E-state index in [1.807, 2.05) is 0 Å². The molecule has 1 amide bonds. The fraction of sp³-hybridized carbons (Fsp3) is 0.692. The summed E-state index contributed by atoms with van der Waals surface area (Å²) in [5.41, 5.74) is 5.90. The van der Waals surface area contributed by atoms with Crippen molar-refractivity contribution >= 4 is 28.2 Å².